The van der Waals surface area contributed by atoms with E-state index in [0.717, 1.165) is 0 Å². The molecule has 0 bridgehead atoms. The number of esters is 1. The van der Waals surface area contributed by atoms with Crippen molar-refractivity contribution in [2.24, 2.45) is 0 Å². The number of rotatable bonds is 13. The summed E-state index contributed by atoms with van der Waals surface area (Å²) in [5.41, 5.74) is -0.141. The Morgan fingerprint density at radius 1 is 0.880 bits per heavy atom. The molecule has 0 spiro atoms. The van der Waals surface area contributed by atoms with Crippen molar-refractivity contribution in [2.45, 2.75) is 33.3 Å². The number of alkyl carbamates (subject to hydrolysis) is 1. The summed E-state index contributed by atoms with van der Waals surface area (Å²) >= 11 is 0. The van der Waals surface area contributed by atoms with E-state index in [4.69, 9.17) is 23.7 Å². The van der Waals surface area contributed by atoms with Gasteiger partial charge in [0, 0.05) is 12.1 Å². The largest absolute Gasteiger partial charge is 0.460 e. The zero-order valence-electron chi connectivity index (χ0n) is 15.7. The van der Waals surface area contributed by atoms with E-state index in [-0.39, 0.29) is 6.61 Å². The second-order valence-electron chi connectivity index (χ2n) is 6.18. The molecule has 0 rings (SSSR count). The molecule has 0 aliphatic carbocycles. The Kier molecular flexibility index (Phi) is 12.7. The zero-order chi connectivity index (χ0) is 19.1. The van der Waals surface area contributed by atoms with Crippen molar-refractivity contribution in [3.63, 3.8) is 0 Å². The highest BCUT2D eigenvalue weighted by atomic mass is 16.6. The maximum atomic E-state index is 11.4. The molecule has 0 aromatic rings. The highest BCUT2D eigenvalue weighted by Crippen LogP contribution is 2.05. The second kappa shape index (κ2) is 13.6. The van der Waals surface area contributed by atoms with Crippen LogP contribution in [0.3, 0.4) is 0 Å². The molecule has 0 unspecified atom stereocenters. The van der Waals surface area contributed by atoms with Crippen molar-refractivity contribution < 1.29 is 33.3 Å². The van der Waals surface area contributed by atoms with Gasteiger partial charge in [0.25, 0.3) is 0 Å². The molecule has 0 radical (unpaired) electrons. The fourth-order valence-electron chi connectivity index (χ4n) is 1.40. The highest BCUT2D eigenvalue weighted by Gasteiger charge is 2.15. The normalized spacial score (nSPS) is 11.0. The molecule has 1 amide bonds. The minimum absolute atomic E-state index is 0.194. The van der Waals surface area contributed by atoms with E-state index in [9.17, 15) is 9.59 Å². The van der Waals surface area contributed by atoms with Crippen molar-refractivity contribution >= 4 is 12.1 Å². The number of amides is 1. The topological polar surface area (TPSA) is 92.3 Å². The molecule has 0 aromatic carbocycles. The predicted octanol–water partition coefficient (Wildman–Crippen LogP) is 1.68. The Morgan fingerprint density at radius 2 is 1.36 bits per heavy atom. The highest BCUT2D eigenvalue weighted by molar-refractivity contribution is 5.86. The number of hydrogen-bond acceptors (Lipinski definition) is 7. The van der Waals surface area contributed by atoms with Crippen LogP contribution in [0.1, 0.15) is 27.7 Å². The SMILES string of the molecule is C=C(C)C(=O)OCCOCCOCCOCCNC(=O)OC(C)(C)C. The van der Waals surface area contributed by atoms with Gasteiger partial charge in [-0.25, -0.2) is 9.59 Å². The molecule has 0 saturated heterocycles. The van der Waals surface area contributed by atoms with Crippen molar-refractivity contribution in [3.05, 3.63) is 12.2 Å². The van der Waals surface area contributed by atoms with Gasteiger partial charge in [0.1, 0.15) is 12.2 Å². The molecule has 0 heterocycles. The predicted molar refractivity (Wildman–Crippen MR) is 92.5 cm³/mol. The van der Waals surface area contributed by atoms with Gasteiger partial charge < -0.3 is 29.0 Å². The average Bonchev–Trinajstić information content (AvgIpc) is 2.49. The minimum Gasteiger partial charge on any atom is -0.460 e. The third-order valence-corrected chi connectivity index (χ3v) is 2.47. The molecule has 25 heavy (non-hydrogen) atoms. The van der Waals surface area contributed by atoms with Gasteiger partial charge in [-0.1, -0.05) is 6.58 Å². The zero-order valence-corrected chi connectivity index (χ0v) is 15.7. The van der Waals surface area contributed by atoms with Crippen LogP contribution in [-0.2, 0) is 28.5 Å². The smallest absolute Gasteiger partial charge is 0.407 e. The molecule has 146 valence electrons. The summed E-state index contributed by atoms with van der Waals surface area (Å²) in [6, 6.07) is 0. The van der Waals surface area contributed by atoms with Crippen LogP contribution >= 0.6 is 0 Å². The lowest BCUT2D eigenvalue weighted by molar-refractivity contribution is -0.140. The molecular formula is C17H31NO7. The van der Waals surface area contributed by atoms with Crippen molar-refractivity contribution in [3.8, 4) is 0 Å². The average molecular weight is 361 g/mol. The van der Waals surface area contributed by atoms with Gasteiger partial charge in [0.2, 0.25) is 0 Å². The third kappa shape index (κ3) is 17.0. The number of carbonyl (C=O) groups is 2. The first-order chi connectivity index (χ1) is 11.7. The molecule has 0 aromatic heterocycles. The number of nitrogens with one attached hydrogen (secondary N) is 1. The Morgan fingerprint density at radius 3 is 1.84 bits per heavy atom. The molecule has 0 aliphatic heterocycles. The molecule has 8 heteroatoms. The number of ether oxygens (including phenoxy) is 5. The van der Waals surface area contributed by atoms with E-state index in [1.807, 2.05) is 0 Å². The fourth-order valence-corrected chi connectivity index (χ4v) is 1.40. The third-order valence-electron chi connectivity index (χ3n) is 2.47. The first-order valence-electron chi connectivity index (χ1n) is 8.25. The van der Waals surface area contributed by atoms with E-state index in [0.29, 0.717) is 51.8 Å². The van der Waals surface area contributed by atoms with Gasteiger partial charge in [-0.05, 0) is 27.7 Å². The summed E-state index contributed by atoms with van der Waals surface area (Å²) in [6.45, 7) is 13.4. The Labute approximate surface area is 149 Å². The van der Waals surface area contributed by atoms with Crippen LogP contribution in [0.5, 0.6) is 0 Å². The molecule has 8 nitrogen and oxygen atoms in total. The van der Waals surface area contributed by atoms with Crippen molar-refractivity contribution in [1.82, 2.24) is 5.32 Å². The van der Waals surface area contributed by atoms with Crippen molar-refractivity contribution in [1.29, 1.82) is 0 Å². The summed E-state index contributed by atoms with van der Waals surface area (Å²) < 4.78 is 25.8. The van der Waals surface area contributed by atoms with E-state index in [1.165, 1.54) is 0 Å². The Bertz CT molecular complexity index is 404. The monoisotopic (exact) mass is 361 g/mol. The molecular weight excluding hydrogens is 330 g/mol. The van der Waals surface area contributed by atoms with Gasteiger partial charge in [0.05, 0.1) is 39.6 Å². The lowest BCUT2D eigenvalue weighted by Gasteiger charge is -2.19. The van der Waals surface area contributed by atoms with Gasteiger partial charge in [-0.3, -0.25) is 0 Å². The molecule has 1 N–H and O–H groups in total. The Hall–Kier alpha value is -1.64. The van der Waals surface area contributed by atoms with E-state index < -0.39 is 17.7 Å². The minimum atomic E-state index is -0.507. The van der Waals surface area contributed by atoms with Crippen LogP contribution in [0.2, 0.25) is 0 Å². The van der Waals surface area contributed by atoms with Crippen LogP contribution in [-0.4, -0.2) is 70.5 Å². The van der Waals surface area contributed by atoms with Crippen LogP contribution in [0.4, 0.5) is 4.79 Å². The molecule has 0 fully saturated rings. The van der Waals surface area contributed by atoms with Gasteiger partial charge >= 0.3 is 12.1 Å². The first-order valence-corrected chi connectivity index (χ1v) is 8.25. The van der Waals surface area contributed by atoms with E-state index in [2.05, 4.69) is 11.9 Å². The molecule has 0 aliphatic rings. The van der Waals surface area contributed by atoms with Gasteiger partial charge in [-0.15, -0.1) is 0 Å². The fraction of sp³-hybridized carbons (Fsp3) is 0.765. The lowest BCUT2D eigenvalue weighted by Crippen LogP contribution is -2.34. The van der Waals surface area contributed by atoms with Gasteiger partial charge in [0.15, 0.2) is 0 Å². The maximum Gasteiger partial charge on any atom is 0.407 e. The van der Waals surface area contributed by atoms with Crippen LogP contribution in [0.25, 0.3) is 0 Å². The maximum absolute atomic E-state index is 11.4. The van der Waals surface area contributed by atoms with Crippen LogP contribution < -0.4 is 5.32 Å². The molecule has 0 atom stereocenters. The van der Waals surface area contributed by atoms with Crippen LogP contribution in [0, 0.1) is 0 Å². The van der Waals surface area contributed by atoms with Gasteiger partial charge in [-0.2, -0.15) is 0 Å². The summed E-state index contributed by atoms with van der Waals surface area (Å²) in [5, 5.41) is 2.60. The van der Waals surface area contributed by atoms with Crippen molar-refractivity contribution in [2.75, 3.05) is 52.8 Å². The Balaban J connectivity index is 3.25. The summed E-state index contributed by atoms with van der Waals surface area (Å²) in [5.74, 6) is -0.418. The summed E-state index contributed by atoms with van der Waals surface area (Å²) in [4.78, 5) is 22.4. The number of hydrogen-bond donors (Lipinski definition) is 1. The quantitative estimate of drug-likeness (QED) is 0.303. The second-order valence-corrected chi connectivity index (χ2v) is 6.18. The number of carbonyl (C=O) groups excluding carboxylic acids is 2. The van der Waals surface area contributed by atoms with E-state index >= 15 is 0 Å². The first kappa shape index (κ1) is 23.4. The lowest BCUT2D eigenvalue weighted by atomic mass is 10.2. The summed E-state index contributed by atoms with van der Waals surface area (Å²) in [7, 11) is 0. The summed E-state index contributed by atoms with van der Waals surface area (Å²) in [6.07, 6.45) is -0.460. The molecule has 0 saturated carbocycles. The van der Waals surface area contributed by atoms with Crippen LogP contribution in [0.15, 0.2) is 12.2 Å². The standard InChI is InChI=1S/C17H31NO7/c1-14(2)15(19)24-13-12-23-11-10-22-9-8-21-7-6-18-16(20)25-17(3,4)5/h1,6-13H2,2-5H3,(H,18,20). The van der Waals surface area contributed by atoms with E-state index in [1.54, 1.807) is 27.7 Å².